The molecule has 101 valence electrons. The lowest BCUT2D eigenvalue weighted by atomic mass is 9.64. The van der Waals surface area contributed by atoms with Crippen LogP contribution in [0.4, 0.5) is 0 Å². The second-order valence-corrected chi connectivity index (χ2v) is 6.88. The highest BCUT2D eigenvalue weighted by atomic mass is 79.9. The molecule has 0 amide bonds. The number of aryl methyl sites for hydroxylation is 1. The highest BCUT2D eigenvalue weighted by Crippen LogP contribution is 2.34. The van der Waals surface area contributed by atoms with Crippen molar-refractivity contribution in [3.05, 3.63) is 43.9 Å². The zero-order valence-corrected chi connectivity index (χ0v) is 14.6. The van der Waals surface area contributed by atoms with Gasteiger partial charge in [-0.2, -0.15) is 0 Å². The van der Waals surface area contributed by atoms with E-state index in [4.69, 9.17) is 0 Å². The van der Waals surface area contributed by atoms with E-state index in [9.17, 15) is 0 Å². The predicted molar refractivity (Wildman–Crippen MR) is 93.0 cm³/mol. The van der Waals surface area contributed by atoms with Gasteiger partial charge in [0.05, 0.1) is 0 Å². The van der Waals surface area contributed by atoms with Gasteiger partial charge in [0, 0.05) is 4.47 Å². The van der Waals surface area contributed by atoms with Crippen LogP contribution in [0.1, 0.15) is 33.4 Å². The Labute approximate surface area is 131 Å². The summed E-state index contributed by atoms with van der Waals surface area (Å²) < 4.78 is 1.21. The maximum atomic E-state index is 3.69. The third-order valence-electron chi connectivity index (χ3n) is 5.04. The molecule has 0 nitrogen and oxygen atoms in total. The molecule has 0 bridgehead atoms. The average Bonchev–Trinajstić information content (AvgIpc) is 2.81. The van der Waals surface area contributed by atoms with Crippen LogP contribution in [0, 0.1) is 41.5 Å². The van der Waals surface area contributed by atoms with Crippen molar-refractivity contribution in [1.82, 2.24) is 0 Å². The summed E-state index contributed by atoms with van der Waals surface area (Å²) >= 11 is 3.69. The monoisotopic (exact) mass is 325 g/mol. The van der Waals surface area contributed by atoms with E-state index in [2.05, 4.69) is 70.8 Å². The van der Waals surface area contributed by atoms with Crippen molar-refractivity contribution < 1.29 is 0 Å². The van der Waals surface area contributed by atoms with E-state index in [0.29, 0.717) is 0 Å². The minimum Gasteiger partial charge on any atom is -0.0703 e. The number of hydrogen-bond donors (Lipinski definition) is 0. The summed E-state index contributed by atoms with van der Waals surface area (Å²) in [7, 11) is 2.38. The van der Waals surface area contributed by atoms with Gasteiger partial charge >= 0.3 is 0 Å². The predicted octanol–water partition coefficient (Wildman–Crippen LogP) is 3.94. The first-order valence-electron chi connectivity index (χ1n) is 7.09. The van der Waals surface area contributed by atoms with Gasteiger partial charge in [-0.25, -0.2) is 0 Å². The van der Waals surface area contributed by atoms with Crippen LogP contribution in [-0.2, 0) is 0 Å². The van der Waals surface area contributed by atoms with E-state index < -0.39 is 0 Å². The summed E-state index contributed by atoms with van der Waals surface area (Å²) in [5.74, 6) is 0. The van der Waals surface area contributed by atoms with Gasteiger partial charge < -0.3 is 0 Å². The van der Waals surface area contributed by atoms with Crippen LogP contribution in [0.5, 0.6) is 0 Å². The van der Waals surface area contributed by atoms with Crippen molar-refractivity contribution in [2.24, 2.45) is 0 Å². The Morgan fingerprint density at radius 2 is 1.25 bits per heavy atom. The maximum Gasteiger partial charge on any atom is 0.193 e. The average molecular weight is 326 g/mol. The van der Waals surface area contributed by atoms with Crippen molar-refractivity contribution in [2.75, 3.05) is 0 Å². The van der Waals surface area contributed by atoms with Crippen molar-refractivity contribution in [3.63, 3.8) is 0 Å². The Balaban J connectivity index is 2.46. The minimum atomic E-state index is 1.21. The number of benzene rings is 2. The first kappa shape index (κ1) is 13.9. The van der Waals surface area contributed by atoms with Crippen molar-refractivity contribution in [1.29, 1.82) is 0 Å². The molecule has 1 aliphatic heterocycles. The second kappa shape index (κ2) is 4.49. The summed E-state index contributed by atoms with van der Waals surface area (Å²) in [4.78, 5) is 0. The van der Waals surface area contributed by atoms with Gasteiger partial charge in [0.1, 0.15) is 0 Å². The van der Waals surface area contributed by atoms with Crippen molar-refractivity contribution in [2.45, 2.75) is 41.5 Å². The first-order valence-corrected chi connectivity index (χ1v) is 7.89. The summed E-state index contributed by atoms with van der Waals surface area (Å²) in [6.45, 7) is 13.4. The number of rotatable bonds is 0. The molecular weight excluding hydrogens is 307 g/mol. The molecule has 2 aromatic rings. The minimum absolute atomic E-state index is 1.21. The van der Waals surface area contributed by atoms with Crippen LogP contribution >= 0.6 is 15.9 Å². The summed E-state index contributed by atoms with van der Waals surface area (Å²) in [5.41, 5.74) is 14.1. The topological polar surface area (TPSA) is 0 Å². The van der Waals surface area contributed by atoms with E-state index >= 15 is 0 Å². The molecule has 0 aliphatic carbocycles. The molecule has 0 unspecified atom stereocenters. The number of fused-ring (bicyclic) bond motifs is 3. The normalized spacial score (nSPS) is 12.2. The molecule has 0 aromatic heterocycles. The Morgan fingerprint density at radius 1 is 0.700 bits per heavy atom. The van der Waals surface area contributed by atoms with Crippen LogP contribution in [0.2, 0.25) is 0 Å². The quantitative estimate of drug-likeness (QED) is 0.549. The molecule has 0 atom stereocenters. The summed E-state index contributed by atoms with van der Waals surface area (Å²) in [6.07, 6.45) is 0. The van der Waals surface area contributed by atoms with E-state index in [-0.39, 0.29) is 0 Å². The third-order valence-corrected chi connectivity index (χ3v) is 5.87. The van der Waals surface area contributed by atoms with Crippen molar-refractivity contribution >= 4 is 34.1 Å². The van der Waals surface area contributed by atoms with E-state index in [1.54, 1.807) is 0 Å². The molecule has 0 fully saturated rings. The first-order chi connectivity index (χ1) is 9.34. The fourth-order valence-corrected chi connectivity index (χ4v) is 3.96. The zero-order chi connectivity index (χ0) is 14.8. The van der Waals surface area contributed by atoms with Gasteiger partial charge in [0.2, 0.25) is 0 Å². The fourth-order valence-electron chi connectivity index (χ4n) is 3.40. The molecule has 0 spiro atoms. The molecule has 0 N–H and O–H groups in total. The highest BCUT2D eigenvalue weighted by Gasteiger charge is 2.28. The van der Waals surface area contributed by atoms with E-state index in [1.807, 2.05) is 0 Å². The van der Waals surface area contributed by atoms with Crippen LogP contribution in [0.15, 0.2) is 10.5 Å². The Morgan fingerprint density at radius 3 is 1.90 bits per heavy atom. The number of halogens is 1. The summed E-state index contributed by atoms with van der Waals surface area (Å²) in [6, 6.07) is 2.25. The van der Waals surface area contributed by atoms with Gasteiger partial charge in [0.25, 0.3) is 0 Å². The van der Waals surface area contributed by atoms with Crippen molar-refractivity contribution in [3.8, 4) is 11.1 Å². The molecule has 0 saturated heterocycles. The third kappa shape index (κ3) is 1.67. The number of hydrogen-bond acceptors (Lipinski definition) is 0. The van der Waals surface area contributed by atoms with Crippen LogP contribution in [-0.4, -0.2) is 7.28 Å². The Hall–Kier alpha value is -1.02. The lowest BCUT2D eigenvalue weighted by Crippen LogP contribution is -2.26. The molecule has 20 heavy (non-hydrogen) atoms. The van der Waals surface area contributed by atoms with Gasteiger partial charge in [0.15, 0.2) is 7.28 Å². The van der Waals surface area contributed by atoms with Gasteiger partial charge in [-0.15, -0.1) is 0 Å². The molecule has 1 aliphatic rings. The molecule has 2 aromatic carbocycles. The second-order valence-electron chi connectivity index (χ2n) is 6.02. The smallest absolute Gasteiger partial charge is 0.0703 e. The lowest BCUT2D eigenvalue weighted by molar-refractivity contribution is 1.23. The van der Waals surface area contributed by atoms with Crippen LogP contribution in [0.25, 0.3) is 11.1 Å². The highest BCUT2D eigenvalue weighted by molar-refractivity contribution is 9.10. The van der Waals surface area contributed by atoms with Gasteiger partial charge in [-0.05, 0) is 86.6 Å². The molecule has 1 heterocycles. The Kier molecular flexibility index (Phi) is 3.13. The van der Waals surface area contributed by atoms with Crippen LogP contribution < -0.4 is 10.9 Å². The van der Waals surface area contributed by atoms with E-state index in [0.717, 1.165) is 0 Å². The standard InChI is InChI=1S/C18H19BBr/c1-8-7-14(20)13(6)18-15(8)16-11(4)9(2)10(3)12(5)17(16)19-18/h7H,1-6H3. The van der Waals surface area contributed by atoms with E-state index in [1.165, 1.54) is 59.9 Å². The SMILES string of the molecule is Cc1cc(Br)c(C)c2c1-c1c(C)c(C)c(C)c(C)c1[B]2. The molecule has 3 rings (SSSR count). The van der Waals surface area contributed by atoms with Gasteiger partial charge in [-0.3, -0.25) is 0 Å². The Bertz CT molecular complexity index is 757. The molecule has 0 saturated carbocycles. The fraction of sp³-hybridized carbons (Fsp3) is 0.333. The largest absolute Gasteiger partial charge is 0.193 e. The van der Waals surface area contributed by atoms with Gasteiger partial charge in [-0.1, -0.05) is 32.4 Å². The maximum absolute atomic E-state index is 3.69. The van der Waals surface area contributed by atoms with Crippen LogP contribution in [0.3, 0.4) is 0 Å². The summed E-state index contributed by atoms with van der Waals surface area (Å²) in [5, 5.41) is 0. The molecular formula is C18H19BBr. The molecule has 2 heteroatoms. The molecule has 1 radical (unpaired) electrons. The lowest BCUT2D eigenvalue weighted by Gasteiger charge is -2.18. The zero-order valence-electron chi connectivity index (χ0n) is 13.0.